The number of primary amides is 1. The van der Waals surface area contributed by atoms with Crippen LogP contribution in [0.25, 0.3) is 0 Å². The molecule has 37 heavy (non-hydrogen) atoms. The first-order valence-electron chi connectivity index (χ1n) is 12.5. The number of hydrogen-bond donors (Lipinski definition) is 3. The number of amides is 5. The highest BCUT2D eigenvalue weighted by molar-refractivity contribution is 5.93. The maximum absolute atomic E-state index is 13.6. The van der Waals surface area contributed by atoms with Gasteiger partial charge in [-0.25, -0.2) is 4.79 Å². The summed E-state index contributed by atoms with van der Waals surface area (Å²) in [6, 6.07) is -2.39. The van der Waals surface area contributed by atoms with Gasteiger partial charge in [0.05, 0.1) is 26.7 Å². The predicted octanol–water partition coefficient (Wildman–Crippen LogP) is -0.630. The molecule has 5 amide bonds. The standard InChI is InChI=1S/C24H40N6O7/c1-15(2)10-28(12-20(36-5)16(3)37-14-31)13-21(32)27-18-11-29(24(35)26-4)9-8-17-6-7-19(22(25)33)30(17)23(18)34/h14-15,17-19H,6-13H2,1-5H3,(H2,25,33)(H,26,35)(H,27,32)/b20-16-. The average Bonchev–Trinajstić information content (AvgIpc) is 3.25. The van der Waals surface area contributed by atoms with Crippen LogP contribution >= 0.6 is 0 Å². The fraction of sp³-hybridized carbons (Fsp3) is 0.708. The molecule has 2 rings (SSSR count). The van der Waals surface area contributed by atoms with Gasteiger partial charge in [-0.3, -0.25) is 24.1 Å². The second-order valence-corrected chi connectivity index (χ2v) is 9.77. The van der Waals surface area contributed by atoms with Gasteiger partial charge in [-0.05, 0) is 32.1 Å². The minimum atomic E-state index is -1.05. The van der Waals surface area contributed by atoms with E-state index in [1.807, 2.05) is 18.7 Å². The van der Waals surface area contributed by atoms with Crippen LogP contribution in [0, 0.1) is 5.92 Å². The molecule has 3 unspecified atom stereocenters. The van der Waals surface area contributed by atoms with E-state index in [4.69, 9.17) is 15.2 Å². The number of allylic oxidation sites excluding steroid dienone is 1. The van der Waals surface area contributed by atoms with E-state index in [0.29, 0.717) is 44.6 Å². The molecule has 2 saturated heterocycles. The molecule has 0 aromatic heterocycles. The van der Waals surface area contributed by atoms with Gasteiger partial charge in [0.25, 0.3) is 6.47 Å². The Labute approximate surface area is 217 Å². The van der Waals surface area contributed by atoms with Crippen molar-refractivity contribution >= 4 is 30.2 Å². The summed E-state index contributed by atoms with van der Waals surface area (Å²) in [6.45, 7) is 6.84. The normalized spacial score (nSPS) is 22.6. The maximum atomic E-state index is 13.6. The van der Waals surface area contributed by atoms with Crippen molar-refractivity contribution in [3.8, 4) is 0 Å². The molecule has 0 radical (unpaired) electrons. The van der Waals surface area contributed by atoms with E-state index in [0.717, 1.165) is 0 Å². The average molecular weight is 525 g/mol. The van der Waals surface area contributed by atoms with Crippen LogP contribution < -0.4 is 16.4 Å². The summed E-state index contributed by atoms with van der Waals surface area (Å²) < 4.78 is 10.3. The fourth-order valence-corrected chi connectivity index (χ4v) is 4.91. The molecule has 0 saturated carbocycles. The first kappa shape index (κ1) is 29.9. The number of ether oxygens (including phenoxy) is 2. The van der Waals surface area contributed by atoms with Crippen molar-refractivity contribution in [2.24, 2.45) is 11.7 Å². The molecule has 0 aliphatic carbocycles. The minimum absolute atomic E-state index is 0.0430. The maximum Gasteiger partial charge on any atom is 0.317 e. The molecular formula is C24H40N6O7. The van der Waals surface area contributed by atoms with E-state index < -0.39 is 29.8 Å². The molecular weight excluding hydrogens is 484 g/mol. The van der Waals surface area contributed by atoms with Crippen molar-refractivity contribution in [3.63, 3.8) is 0 Å². The molecule has 0 aromatic carbocycles. The van der Waals surface area contributed by atoms with Crippen LogP contribution in [0.15, 0.2) is 11.5 Å². The lowest BCUT2D eigenvalue weighted by molar-refractivity contribution is -0.144. The zero-order valence-corrected chi connectivity index (χ0v) is 22.3. The van der Waals surface area contributed by atoms with Gasteiger partial charge in [-0.15, -0.1) is 0 Å². The van der Waals surface area contributed by atoms with E-state index in [2.05, 4.69) is 10.6 Å². The zero-order valence-electron chi connectivity index (χ0n) is 22.3. The van der Waals surface area contributed by atoms with Gasteiger partial charge in [0.1, 0.15) is 23.6 Å². The molecule has 0 aromatic rings. The summed E-state index contributed by atoms with van der Waals surface area (Å²) in [7, 11) is 2.95. The van der Waals surface area contributed by atoms with Crippen LogP contribution in [0.1, 0.15) is 40.0 Å². The van der Waals surface area contributed by atoms with E-state index in [1.54, 1.807) is 6.92 Å². The van der Waals surface area contributed by atoms with Crippen LogP contribution in [0.3, 0.4) is 0 Å². The molecule has 2 fully saturated rings. The van der Waals surface area contributed by atoms with Gasteiger partial charge in [-0.2, -0.15) is 0 Å². The lowest BCUT2D eigenvalue weighted by Crippen LogP contribution is -2.62. The van der Waals surface area contributed by atoms with Gasteiger partial charge in [0, 0.05) is 26.2 Å². The molecule has 4 N–H and O–H groups in total. The van der Waals surface area contributed by atoms with E-state index in [1.165, 1.54) is 24.0 Å². The number of hydrogen-bond acceptors (Lipinski definition) is 8. The molecule has 2 aliphatic rings. The second kappa shape index (κ2) is 13.8. The number of nitrogens with one attached hydrogen (secondary N) is 2. The van der Waals surface area contributed by atoms with Crippen molar-refractivity contribution < 1.29 is 33.4 Å². The largest absolute Gasteiger partial charge is 0.496 e. The zero-order chi connectivity index (χ0) is 27.7. The third kappa shape index (κ3) is 8.07. The fourth-order valence-electron chi connectivity index (χ4n) is 4.91. The Morgan fingerprint density at radius 2 is 1.92 bits per heavy atom. The Balaban J connectivity index is 2.25. The number of methoxy groups -OCH3 is 1. The summed E-state index contributed by atoms with van der Waals surface area (Å²) in [5.74, 6) is -0.590. The van der Waals surface area contributed by atoms with Crippen LogP contribution in [0.2, 0.25) is 0 Å². The van der Waals surface area contributed by atoms with Crippen molar-refractivity contribution in [1.29, 1.82) is 0 Å². The highest BCUT2D eigenvalue weighted by atomic mass is 16.5. The first-order valence-corrected chi connectivity index (χ1v) is 12.5. The smallest absolute Gasteiger partial charge is 0.317 e. The van der Waals surface area contributed by atoms with Gasteiger partial charge >= 0.3 is 6.03 Å². The van der Waals surface area contributed by atoms with Gasteiger partial charge in [0.2, 0.25) is 17.7 Å². The number of carbonyl (C=O) groups excluding carboxylic acids is 5. The van der Waals surface area contributed by atoms with Crippen molar-refractivity contribution in [2.75, 3.05) is 46.9 Å². The molecule has 13 nitrogen and oxygen atoms in total. The first-order chi connectivity index (χ1) is 17.5. The minimum Gasteiger partial charge on any atom is -0.496 e. The van der Waals surface area contributed by atoms with Crippen LogP contribution in [0.5, 0.6) is 0 Å². The third-order valence-corrected chi connectivity index (χ3v) is 6.58. The van der Waals surface area contributed by atoms with Gasteiger partial charge in [0.15, 0.2) is 0 Å². The third-order valence-electron chi connectivity index (χ3n) is 6.58. The van der Waals surface area contributed by atoms with E-state index in [9.17, 15) is 24.0 Å². The Hall–Kier alpha value is -3.35. The Kier molecular flexibility index (Phi) is 11.2. The van der Waals surface area contributed by atoms with Crippen molar-refractivity contribution in [3.05, 3.63) is 11.5 Å². The summed E-state index contributed by atoms with van der Waals surface area (Å²) in [4.78, 5) is 66.8. The van der Waals surface area contributed by atoms with Gasteiger partial charge < -0.3 is 35.6 Å². The highest BCUT2D eigenvalue weighted by Crippen LogP contribution is 2.29. The molecule has 2 heterocycles. The topological polar surface area (TPSA) is 164 Å². The SMILES string of the molecule is CNC(=O)N1CCC2CCC(C(N)=O)N2C(=O)C(NC(=O)CN(C/C(OC)=C(\C)OC=O)CC(C)C)C1. The second-order valence-electron chi connectivity index (χ2n) is 9.77. The van der Waals surface area contributed by atoms with Gasteiger partial charge in [-0.1, -0.05) is 13.8 Å². The summed E-state index contributed by atoms with van der Waals surface area (Å²) >= 11 is 0. The molecule has 0 spiro atoms. The van der Waals surface area contributed by atoms with Crippen molar-refractivity contribution in [1.82, 2.24) is 25.3 Å². The number of rotatable bonds is 11. The quantitative estimate of drug-likeness (QED) is 0.238. The molecule has 13 heteroatoms. The number of fused-ring (bicyclic) bond motifs is 1. The summed E-state index contributed by atoms with van der Waals surface area (Å²) in [6.07, 6.45) is 1.56. The lowest BCUT2D eigenvalue weighted by atomic mass is 10.1. The Morgan fingerprint density at radius 1 is 1.22 bits per heavy atom. The lowest BCUT2D eigenvalue weighted by Gasteiger charge is -2.38. The number of nitrogens with two attached hydrogens (primary N) is 1. The Bertz CT molecular complexity index is 893. The molecule has 0 bridgehead atoms. The van der Waals surface area contributed by atoms with Crippen LogP contribution in [-0.4, -0.2) is 110 Å². The van der Waals surface area contributed by atoms with E-state index >= 15 is 0 Å². The van der Waals surface area contributed by atoms with Crippen LogP contribution in [0.4, 0.5) is 4.79 Å². The predicted molar refractivity (Wildman–Crippen MR) is 134 cm³/mol. The summed E-state index contributed by atoms with van der Waals surface area (Å²) in [5.41, 5.74) is 5.57. The number of urea groups is 1. The van der Waals surface area contributed by atoms with Crippen LogP contribution in [-0.2, 0) is 28.7 Å². The Morgan fingerprint density at radius 3 is 2.49 bits per heavy atom. The number of carbonyl (C=O) groups is 5. The molecule has 208 valence electrons. The highest BCUT2D eigenvalue weighted by Gasteiger charge is 2.44. The van der Waals surface area contributed by atoms with Crippen molar-refractivity contribution in [2.45, 2.75) is 58.2 Å². The number of nitrogens with zero attached hydrogens (tertiary/aromatic N) is 3. The molecule has 2 aliphatic heterocycles. The monoisotopic (exact) mass is 524 g/mol. The summed E-state index contributed by atoms with van der Waals surface area (Å²) in [5, 5.41) is 5.35. The van der Waals surface area contributed by atoms with E-state index in [-0.39, 0.29) is 43.4 Å². The molecule has 3 atom stereocenters.